The van der Waals surface area contributed by atoms with Crippen LogP contribution in [0.5, 0.6) is 0 Å². The number of amides is 3. The third-order valence-corrected chi connectivity index (χ3v) is 4.06. The van der Waals surface area contributed by atoms with E-state index in [4.69, 9.17) is 5.73 Å². The van der Waals surface area contributed by atoms with Gasteiger partial charge in [0.1, 0.15) is 6.04 Å². The van der Waals surface area contributed by atoms with Gasteiger partial charge in [-0.05, 0) is 18.1 Å². The Labute approximate surface area is 136 Å². The van der Waals surface area contributed by atoms with Crippen LogP contribution in [0.2, 0.25) is 0 Å². The molecule has 1 aliphatic heterocycles. The molecule has 0 bridgehead atoms. The van der Waals surface area contributed by atoms with Crippen LogP contribution >= 0.6 is 0 Å². The molecule has 1 saturated heterocycles. The quantitative estimate of drug-likeness (QED) is 0.721. The normalized spacial score (nSPS) is 19.2. The first-order valence-electron chi connectivity index (χ1n) is 8.10. The average molecular weight is 319 g/mol. The predicted octanol–water partition coefficient (Wildman–Crippen LogP) is 0.782. The molecule has 7 nitrogen and oxygen atoms in total. The van der Waals surface area contributed by atoms with E-state index in [2.05, 4.69) is 22.5 Å². The van der Waals surface area contributed by atoms with E-state index in [0.29, 0.717) is 19.5 Å². The van der Waals surface area contributed by atoms with Gasteiger partial charge in [-0.3, -0.25) is 9.78 Å². The lowest BCUT2D eigenvalue weighted by molar-refractivity contribution is -0.136. The van der Waals surface area contributed by atoms with Crippen molar-refractivity contribution in [2.75, 3.05) is 19.6 Å². The van der Waals surface area contributed by atoms with Crippen LogP contribution in [0.3, 0.4) is 0 Å². The number of hydrogen-bond acceptors (Lipinski definition) is 4. The van der Waals surface area contributed by atoms with Crippen LogP contribution in [0.4, 0.5) is 4.79 Å². The van der Waals surface area contributed by atoms with Crippen molar-refractivity contribution in [2.24, 2.45) is 5.73 Å². The number of unbranched alkanes of at least 4 members (excludes halogenated alkanes) is 1. The zero-order chi connectivity index (χ0) is 16.7. The number of hydrogen-bond donors (Lipinski definition) is 3. The highest BCUT2D eigenvalue weighted by molar-refractivity contribution is 5.87. The maximum absolute atomic E-state index is 12.9. The van der Waals surface area contributed by atoms with Crippen LogP contribution in [0.1, 0.15) is 37.8 Å². The predicted molar refractivity (Wildman–Crippen MR) is 87.6 cm³/mol. The second-order valence-corrected chi connectivity index (χ2v) is 5.74. The van der Waals surface area contributed by atoms with Gasteiger partial charge >= 0.3 is 6.03 Å². The topological polar surface area (TPSA) is 100 Å². The molecule has 1 aliphatic rings. The molecule has 4 N–H and O–H groups in total. The van der Waals surface area contributed by atoms with Gasteiger partial charge in [-0.15, -0.1) is 0 Å². The highest BCUT2D eigenvalue weighted by Crippen LogP contribution is 2.23. The summed E-state index contributed by atoms with van der Waals surface area (Å²) in [6.45, 7) is 4.06. The number of rotatable bonds is 6. The van der Waals surface area contributed by atoms with E-state index in [1.54, 1.807) is 12.4 Å². The molecule has 2 rings (SSSR count). The van der Waals surface area contributed by atoms with Gasteiger partial charge in [0, 0.05) is 32.0 Å². The first kappa shape index (κ1) is 17.2. The van der Waals surface area contributed by atoms with Gasteiger partial charge in [0.2, 0.25) is 5.91 Å². The Hall–Kier alpha value is -2.15. The van der Waals surface area contributed by atoms with Gasteiger partial charge < -0.3 is 21.3 Å². The van der Waals surface area contributed by atoms with Crippen molar-refractivity contribution in [1.29, 1.82) is 0 Å². The lowest BCUT2D eigenvalue weighted by Gasteiger charge is -2.38. The molecule has 0 radical (unpaired) electrons. The van der Waals surface area contributed by atoms with Crippen molar-refractivity contribution in [3.8, 4) is 0 Å². The maximum atomic E-state index is 12.9. The molecule has 126 valence electrons. The molecule has 1 aromatic heterocycles. The van der Waals surface area contributed by atoms with E-state index < -0.39 is 12.1 Å². The van der Waals surface area contributed by atoms with Crippen molar-refractivity contribution in [1.82, 2.24) is 20.5 Å². The number of nitrogens with zero attached hydrogens (tertiary/aromatic N) is 2. The van der Waals surface area contributed by atoms with Crippen molar-refractivity contribution in [3.05, 3.63) is 30.1 Å². The molecule has 7 heteroatoms. The van der Waals surface area contributed by atoms with E-state index in [0.717, 1.165) is 24.9 Å². The SMILES string of the molecule is CCCCC(NC(N)=O)C(=O)N1CCNCC1c1cccnc1. The van der Waals surface area contributed by atoms with Crippen molar-refractivity contribution in [2.45, 2.75) is 38.3 Å². The summed E-state index contributed by atoms with van der Waals surface area (Å²) in [5, 5.41) is 5.90. The number of piperazine rings is 1. The highest BCUT2D eigenvalue weighted by atomic mass is 16.2. The zero-order valence-electron chi connectivity index (χ0n) is 13.5. The van der Waals surface area contributed by atoms with E-state index in [1.807, 2.05) is 17.0 Å². The number of nitrogens with one attached hydrogen (secondary N) is 2. The van der Waals surface area contributed by atoms with E-state index in [1.165, 1.54) is 0 Å². The zero-order valence-corrected chi connectivity index (χ0v) is 13.5. The van der Waals surface area contributed by atoms with Crippen LogP contribution < -0.4 is 16.4 Å². The van der Waals surface area contributed by atoms with Crippen molar-refractivity contribution < 1.29 is 9.59 Å². The first-order valence-corrected chi connectivity index (χ1v) is 8.10. The Kier molecular flexibility index (Phi) is 6.34. The second kappa shape index (κ2) is 8.47. The molecule has 0 saturated carbocycles. The Morgan fingerprint density at radius 2 is 2.39 bits per heavy atom. The summed E-state index contributed by atoms with van der Waals surface area (Å²) in [6.07, 6.45) is 5.91. The standard InChI is InChI=1S/C16H25N5O2/c1-2-3-6-13(20-16(17)23)15(22)21-9-8-19-11-14(21)12-5-4-7-18-10-12/h4-5,7,10,13-14,19H,2-3,6,8-9,11H2,1H3,(H3,17,20,23). The smallest absolute Gasteiger partial charge is 0.312 e. The summed E-state index contributed by atoms with van der Waals surface area (Å²) in [7, 11) is 0. The van der Waals surface area contributed by atoms with Crippen LogP contribution in [0.25, 0.3) is 0 Å². The fourth-order valence-electron chi connectivity index (χ4n) is 2.88. The summed E-state index contributed by atoms with van der Waals surface area (Å²) in [6, 6.07) is 2.53. The number of nitrogens with two attached hydrogens (primary N) is 1. The number of aromatic nitrogens is 1. The van der Waals surface area contributed by atoms with Crippen LogP contribution in [0, 0.1) is 0 Å². The molecule has 0 spiro atoms. The van der Waals surface area contributed by atoms with Gasteiger partial charge in [0.25, 0.3) is 0 Å². The van der Waals surface area contributed by atoms with Crippen molar-refractivity contribution in [3.63, 3.8) is 0 Å². The minimum Gasteiger partial charge on any atom is -0.352 e. The molecule has 1 aromatic rings. The molecule has 2 unspecified atom stereocenters. The Morgan fingerprint density at radius 1 is 1.57 bits per heavy atom. The average Bonchev–Trinajstić information content (AvgIpc) is 2.58. The summed E-state index contributed by atoms with van der Waals surface area (Å²) < 4.78 is 0. The number of carbonyl (C=O) groups is 2. The molecular weight excluding hydrogens is 294 g/mol. The summed E-state index contributed by atoms with van der Waals surface area (Å²) in [4.78, 5) is 30.1. The van der Waals surface area contributed by atoms with Crippen LogP contribution in [-0.4, -0.2) is 47.5 Å². The molecule has 2 heterocycles. The summed E-state index contributed by atoms with van der Waals surface area (Å²) in [5.74, 6) is -0.0763. The number of primary amides is 1. The Morgan fingerprint density at radius 3 is 3.04 bits per heavy atom. The summed E-state index contributed by atoms with van der Waals surface area (Å²) in [5.41, 5.74) is 6.22. The van der Waals surface area contributed by atoms with E-state index >= 15 is 0 Å². The minimum absolute atomic E-state index is 0.0763. The first-order chi connectivity index (χ1) is 11.1. The van der Waals surface area contributed by atoms with Crippen molar-refractivity contribution >= 4 is 11.9 Å². The second-order valence-electron chi connectivity index (χ2n) is 5.74. The molecule has 23 heavy (non-hydrogen) atoms. The molecule has 0 aliphatic carbocycles. The van der Waals surface area contributed by atoms with E-state index in [9.17, 15) is 9.59 Å². The molecule has 1 fully saturated rings. The Bertz CT molecular complexity index is 522. The van der Waals surface area contributed by atoms with Gasteiger partial charge in [0.15, 0.2) is 0 Å². The fraction of sp³-hybridized carbons (Fsp3) is 0.562. The number of pyridine rings is 1. The molecular formula is C16H25N5O2. The molecule has 2 atom stereocenters. The number of urea groups is 1. The minimum atomic E-state index is -0.660. The third-order valence-electron chi connectivity index (χ3n) is 4.06. The number of carbonyl (C=O) groups excluding carboxylic acids is 2. The van der Waals surface area contributed by atoms with Crippen LogP contribution in [-0.2, 0) is 4.79 Å². The van der Waals surface area contributed by atoms with Gasteiger partial charge in [-0.2, -0.15) is 0 Å². The Balaban J connectivity index is 2.16. The molecule has 0 aromatic carbocycles. The fourth-order valence-corrected chi connectivity index (χ4v) is 2.88. The molecule has 3 amide bonds. The lowest BCUT2D eigenvalue weighted by Crippen LogP contribution is -2.56. The van der Waals surface area contributed by atoms with Gasteiger partial charge in [-0.25, -0.2) is 4.79 Å². The third kappa shape index (κ3) is 4.66. The monoisotopic (exact) mass is 319 g/mol. The lowest BCUT2D eigenvalue weighted by atomic mass is 10.0. The highest BCUT2D eigenvalue weighted by Gasteiger charge is 2.32. The van der Waals surface area contributed by atoms with Crippen LogP contribution in [0.15, 0.2) is 24.5 Å². The van der Waals surface area contributed by atoms with E-state index in [-0.39, 0.29) is 11.9 Å². The van der Waals surface area contributed by atoms with Gasteiger partial charge in [-0.1, -0.05) is 25.8 Å². The van der Waals surface area contributed by atoms with Gasteiger partial charge in [0.05, 0.1) is 6.04 Å². The largest absolute Gasteiger partial charge is 0.352 e. The maximum Gasteiger partial charge on any atom is 0.312 e. The summed E-state index contributed by atoms with van der Waals surface area (Å²) >= 11 is 0.